The van der Waals surface area contributed by atoms with Crippen molar-refractivity contribution in [1.82, 2.24) is 10.6 Å². The summed E-state index contributed by atoms with van der Waals surface area (Å²) in [6, 6.07) is 8.05. The van der Waals surface area contributed by atoms with Crippen molar-refractivity contribution in [3.8, 4) is 0 Å². The number of nitrogens with one attached hydrogen (secondary N) is 2. The Morgan fingerprint density at radius 1 is 1.00 bits per heavy atom. The Morgan fingerprint density at radius 3 is 2.13 bits per heavy atom. The van der Waals surface area contributed by atoms with Crippen LogP contribution in [0.3, 0.4) is 0 Å². The second-order valence-electron chi connectivity index (χ2n) is 7.66. The minimum Gasteiger partial charge on any atom is -0.455 e. The van der Waals surface area contributed by atoms with E-state index in [9.17, 15) is 14.4 Å². The summed E-state index contributed by atoms with van der Waals surface area (Å²) in [6.45, 7) is 12.1. The van der Waals surface area contributed by atoms with Gasteiger partial charge >= 0.3 is 5.97 Å². The van der Waals surface area contributed by atoms with Crippen LogP contribution in [0.4, 0.5) is 0 Å². The normalized spacial score (nSPS) is 15.5. The number of carbonyl (C=O) groups excluding carboxylic acids is 3. The molecule has 0 radical (unpaired) electrons. The summed E-state index contributed by atoms with van der Waals surface area (Å²) < 4.78 is 5.74. The fourth-order valence-electron chi connectivity index (χ4n) is 2.98. The van der Waals surface area contributed by atoms with Crippen LogP contribution in [-0.2, 0) is 19.1 Å². The van der Waals surface area contributed by atoms with Crippen molar-refractivity contribution in [3.63, 3.8) is 0 Å². The highest BCUT2D eigenvalue weighted by molar-refractivity contribution is 6.00. The average Bonchev–Trinajstić information content (AvgIpc) is 2.75. The van der Waals surface area contributed by atoms with Gasteiger partial charge in [-0.1, -0.05) is 49.4 Å². The lowest BCUT2D eigenvalue weighted by atomic mass is 9.99. The summed E-state index contributed by atoms with van der Waals surface area (Å²) in [5.41, 5.74) is 0.730. The summed E-state index contributed by atoms with van der Waals surface area (Å²) in [5.74, 6) is -2.79. The molecule has 0 aliphatic carbocycles. The van der Waals surface area contributed by atoms with Gasteiger partial charge in [0, 0.05) is 6.04 Å². The molecular formula is C24H34N2O5. The van der Waals surface area contributed by atoms with Gasteiger partial charge in [0.1, 0.15) is 12.0 Å². The van der Waals surface area contributed by atoms with Crippen molar-refractivity contribution in [2.75, 3.05) is 6.61 Å². The maximum atomic E-state index is 12.9. The lowest BCUT2D eigenvalue weighted by Crippen LogP contribution is -2.48. The van der Waals surface area contributed by atoms with Gasteiger partial charge in [0.05, 0.1) is 18.6 Å². The SMILES string of the molecule is C=CCC(C(=O)N[C@H](C)CO)C(=O)N[C@H](C)[C@@H](OC(=O)[C@@H](C)CC=C)c1ccccc1. The predicted molar refractivity (Wildman–Crippen MR) is 120 cm³/mol. The first-order valence-electron chi connectivity index (χ1n) is 10.4. The highest BCUT2D eigenvalue weighted by Crippen LogP contribution is 2.24. The molecule has 170 valence electrons. The maximum Gasteiger partial charge on any atom is 0.309 e. The van der Waals surface area contributed by atoms with Gasteiger partial charge in [0.25, 0.3) is 0 Å². The molecule has 5 atom stereocenters. The average molecular weight is 431 g/mol. The van der Waals surface area contributed by atoms with E-state index in [4.69, 9.17) is 9.84 Å². The zero-order chi connectivity index (χ0) is 23.4. The summed E-state index contributed by atoms with van der Waals surface area (Å²) in [6.07, 6.45) is 3.03. The van der Waals surface area contributed by atoms with Gasteiger partial charge in [-0.3, -0.25) is 14.4 Å². The van der Waals surface area contributed by atoms with E-state index in [0.29, 0.717) is 6.42 Å². The Kier molecular flexibility index (Phi) is 11.3. The number of hydrogen-bond acceptors (Lipinski definition) is 5. The highest BCUT2D eigenvalue weighted by Gasteiger charge is 2.31. The largest absolute Gasteiger partial charge is 0.455 e. The standard InChI is InChI=1S/C24H34N2O5/c1-6-11-16(3)24(30)31-21(19-13-9-8-10-14-19)18(5)26-23(29)20(12-7-2)22(28)25-17(4)15-27/h6-10,13-14,16-18,20-21,27H,1-2,11-12,15H2,3-5H3,(H,25,28)(H,26,29)/t16-,17+,18+,20?,21+/m0/s1. The Labute approximate surface area is 184 Å². The van der Waals surface area contributed by atoms with Crippen LogP contribution in [-0.4, -0.2) is 41.6 Å². The number of hydrogen-bond donors (Lipinski definition) is 3. The molecule has 0 bridgehead atoms. The Hall–Kier alpha value is -2.93. The zero-order valence-corrected chi connectivity index (χ0v) is 18.5. The van der Waals surface area contributed by atoms with E-state index >= 15 is 0 Å². The van der Waals surface area contributed by atoms with Crippen LogP contribution in [0.25, 0.3) is 0 Å². The summed E-state index contributed by atoms with van der Waals surface area (Å²) in [7, 11) is 0. The molecule has 7 heteroatoms. The third kappa shape index (κ3) is 8.38. The van der Waals surface area contributed by atoms with Crippen LogP contribution in [0.5, 0.6) is 0 Å². The molecule has 0 fully saturated rings. The van der Waals surface area contributed by atoms with E-state index < -0.39 is 41.9 Å². The first-order valence-corrected chi connectivity index (χ1v) is 10.4. The quantitative estimate of drug-likeness (QED) is 0.254. The smallest absolute Gasteiger partial charge is 0.309 e. The molecular weight excluding hydrogens is 396 g/mol. The number of amides is 2. The number of allylic oxidation sites excluding steroid dienone is 2. The third-order valence-corrected chi connectivity index (χ3v) is 4.82. The van der Waals surface area contributed by atoms with E-state index in [2.05, 4.69) is 23.8 Å². The highest BCUT2D eigenvalue weighted by atomic mass is 16.5. The van der Waals surface area contributed by atoms with Gasteiger partial charge < -0.3 is 20.5 Å². The number of benzene rings is 1. The molecule has 0 saturated carbocycles. The zero-order valence-electron chi connectivity index (χ0n) is 18.5. The first-order chi connectivity index (χ1) is 14.7. The van der Waals surface area contributed by atoms with E-state index in [1.807, 2.05) is 30.3 Å². The monoisotopic (exact) mass is 430 g/mol. The predicted octanol–water partition coefficient (Wildman–Crippen LogP) is 2.68. The number of carbonyl (C=O) groups is 3. The Morgan fingerprint density at radius 2 is 1.58 bits per heavy atom. The minimum atomic E-state index is -1.01. The van der Waals surface area contributed by atoms with Gasteiger partial charge in [-0.05, 0) is 32.3 Å². The lowest BCUT2D eigenvalue weighted by Gasteiger charge is -2.28. The van der Waals surface area contributed by atoms with Crippen LogP contribution < -0.4 is 10.6 Å². The second-order valence-corrected chi connectivity index (χ2v) is 7.66. The van der Waals surface area contributed by atoms with Crippen LogP contribution in [0, 0.1) is 11.8 Å². The molecule has 1 aromatic carbocycles. The Bertz CT molecular complexity index is 750. The molecule has 1 rings (SSSR count). The van der Waals surface area contributed by atoms with E-state index in [1.165, 1.54) is 6.08 Å². The summed E-state index contributed by atoms with van der Waals surface area (Å²) in [5, 5.41) is 14.6. The fourth-order valence-corrected chi connectivity index (χ4v) is 2.98. The van der Waals surface area contributed by atoms with Gasteiger partial charge in [0.2, 0.25) is 11.8 Å². The van der Waals surface area contributed by atoms with Crippen molar-refractivity contribution in [3.05, 3.63) is 61.2 Å². The number of aliphatic hydroxyl groups excluding tert-OH is 1. The van der Waals surface area contributed by atoms with Gasteiger partial charge in [-0.25, -0.2) is 0 Å². The molecule has 7 nitrogen and oxygen atoms in total. The molecule has 0 aliphatic rings. The Balaban J connectivity index is 3.01. The molecule has 1 unspecified atom stereocenters. The fraction of sp³-hybridized carbons (Fsp3) is 0.458. The van der Waals surface area contributed by atoms with Crippen LogP contribution in [0.2, 0.25) is 0 Å². The molecule has 0 heterocycles. The van der Waals surface area contributed by atoms with Crippen LogP contribution in [0.1, 0.15) is 45.3 Å². The van der Waals surface area contributed by atoms with Crippen LogP contribution >= 0.6 is 0 Å². The number of aliphatic hydroxyl groups is 1. The van der Waals surface area contributed by atoms with Gasteiger partial charge in [-0.15, -0.1) is 13.2 Å². The molecule has 3 N–H and O–H groups in total. The lowest BCUT2D eigenvalue weighted by molar-refractivity contribution is -0.156. The molecule has 0 aromatic heterocycles. The van der Waals surface area contributed by atoms with Crippen LogP contribution in [0.15, 0.2) is 55.6 Å². The van der Waals surface area contributed by atoms with E-state index in [1.54, 1.807) is 26.8 Å². The van der Waals surface area contributed by atoms with Crippen molar-refractivity contribution in [1.29, 1.82) is 0 Å². The third-order valence-electron chi connectivity index (χ3n) is 4.82. The minimum absolute atomic E-state index is 0.134. The molecule has 0 saturated heterocycles. The molecule has 1 aromatic rings. The topological polar surface area (TPSA) is 105 Å². The van der Waals surface area contributed by atoms with Crippen molar-refractivity contribution < 1.29 is 24.2 Å². The summed E-state index contributed by atoms with van der Waals surface area (Å²) in [4.78, 5) is 37.9. The molecule has 0 spiro atoms. The van der Waals surface area contributed by atoms with E-state index in [-0.39, 0.29) is 18.9 Å². The van der Waals surface area contributed by atoms with Crippen molar-refractivity contribution >= 4 is 17.8 Å². The van der Waals surface area contributed by atoms with Gasteiger partial charge in [0.15, 0.2) is 0 Å². The number of esters is 1. The first kappa shape index (κ1) is 26.1. The van der Waals surface area contributed by atoms with E-state index in [0.717, 1.165) is 5.56 Å². The summed E-state index contributed by atoms with van der Waals surface area (Å²) >= 11 is 0. The second kappa shape index (κ2) is 13.4. The molecule has 0 aliphatic heterocycles. The maximum absolute atomic E-state index is 12.9. The van der Waals surface area contributed by atoms with Crippen molar-refractivity contribution in [2.45, 2.75) is 51.8 Å². The van der Waals surface area contributed by atoms with Gasteiger partial charge in [-0.2, -0.15) is 0 Å². The molecule has 31 heavy (non-hydrogen) atoms. The number of rotatable bonds is 13. The van der Waals surface area contributed by atoms with Crippen molar-refractivity contribution in [2.24, 2.45) is 11.8 Å². The molecule has 2 amide bonds. The number of ether oxygens (including phenoxy) is 1.